The van der Waals surface area contributed by atoms with Gasteiger partial charge < -0.3 is 14.4 Å². The Morgan fingerprint density at radius 2 is 1.89 bits per heavy atom. The Hall–Kier alpha value is -1.11. The molecule has 2 rings (SSSR count). The van der Waals surface area contributed by atoms with E-state index in [0.717, 1.165) is 18.4 Å². The molecule has 0 spiro atoms. The highest BCUT2D eigenvalue weighted by Crippen LogP contribution is 2.25. The number of hydrogen-bond acceptors (Lipinski definition) is 6. The molecule has 1 aromatic heterocycles. The van der Waals surface area contributed by atoms with Gasteiger partial charge in [-0.1, -0.05) is 15.9 Å². The van der Waals surface area contributed by atoms with E-state index in [-0.39, 0.29) is 0 Å². The van der Waals surface area contributed by atoms with Gasteiger partial charge in [0.1, 0.15) is 0 Å². The average Bonchev–Trinajstić information content (AvgIpc) is 2.87. The number of hydrogen-bond donors (Lipinski definition) is 0. The van der Waals surface area contributed by atoms with Crippen molar-refractivity contribution in [1.29, 1.82) is 0 Å². The van der Waals surface area contributed by atoms with Gasteiger partial charge in [-0.2, -0.15) is 9.97 Å². The second-order valence-corrected chi connectivity index (χ2v) is 4.98. The molecule has 2 heterocycles. The van der Waals surface area contributed by atoms with Gasteiger partial charge in [0.15, 0.2) is 0 Å². The van der Waals surface area contributed by atoms with Gasteiger partial charge in [-0.3, -0.25) is 0 Å². The van der Waals surface area contributed by atoms with E-state index in [0.29, 0.717) is 23.9 Å². The third kappa shape index (κ3) is 3.01. The molecule has 1 aliphatic rings. The summed E-state index contributed by atoms with van der Waals surface area (Å²) in [6.45, 7) is 1.94. The van der Waals surface area contributed by atoms with Crippen molar-refractivity contribution in [2.45, 2.75) is 12.8 Å². The lowest BCUT2D eigenvalue weighted by molar-refractivity contribution is 0.340. The normalized spacial score (nSPS) is 19.1. The Labute approximate surface area is 115 Å². The first-order valence-electron chi connectivity index (χ1n) is 5.91. The molecule has 18 heavy (non-hydrogen) atoms. The molecule has 6 nitrogen and oxygen atoms in total. The highest BCUT2D eigenvalue weighted by molar-refractivity contribution is 9.09. The number of aromatic nitrogens is 3. The first kappa shape index (κ1) is 13.3. The zero-order valence-corrected chi connectivity index (χ0v) is 12.2. The second kappa shape index (κ2) is 6.17. The van der Waals surface area contributed by atoms with Gasteiger partial charge in [0.05, 0.1) is 14.2 Å². The Kier molecular flexibility index (Phi) is 4.57. The molecule has 1 aliphatic heterocycles. The predicted octanol–water partition coefficient (Wildman–Crippen LogP) is 1.50. The molecule has 1 saturated heterocycles. The Balaban J connectivity index is 2.13. The van der Waals surface area contributed by atoms with E-state index < -0.39 is 0 Å². The molecule has 0 N–H and O–H groups in total. The first-order valence-corrected chi connectivity index (χ1v) is 7.04. The van der Waals surface area contributed by atoms with Crippen LogP contribution in [0.15, 0.2) is 0 Å². The molecule has 0 bridgehead atoms. The predicted molar refractivity (Wildman–Crippen MR) is 71.7 cm³/mol. The monoisotopic (exact) mass is 316 g/mol. The molecule has 1 unspecified atom stereocenters. The van der Waals surface area contributed by atoms with Gasteiger partial charge in [-0.05, 0) is 18.8 Å². The molecule has 0 amide bonds. The maximum absolute atomic E-state index is 5.05. The van der Waals surface area contributed by atoms with Crippen LogP contribution in [-0.4, -0.2) is 47.6 Å². The van der Waals surface area contributed by atoms with E-state index >= 15 is 0 Å². The molecule has 1 atom stereocenters. The van der Waals surface area contributed by atoms with E-state index in [4.69, 9.17) is 9.47 Å². The summed E-state index contributed by atoms with van der Waals surface area (Å²) in [5, 5.41) is 1.04. The summed E-state index contributed by atoms with van der Waals surface area (Å²) in [5.41, 5.74) is 0. The van der Waals surface area contributed by atoms with E-state index in [1.165, 1.54) is 27.1 Å². The first-order chi connectivity index (χ1) is 8.76. The fourth-order valence-corrected chi connectivity index (χ4v) is 2.70. The van der Waals surface area contributed by atoms with Crippen molar-refractivity contribution in [2.75, 3.05) is 37.5 Å². The summed E-state index contributed by atoms with van der Waals surface area (Å²) in [5.74, 6) is 1.33. The van der Waals surface area contributed by atoms with Crippen molar-refractivity contribution in [3.63, 3.8) is 0 Å². The van der Waals surface area contributed by atoms with Crippen molar-refractivity contribution in [3.8, 4) is 12.0 Å². The van der Waals surface area contributed by atoms with Crippen LogP contribution in [0.3, 0.4) is 0 Å². The lowest BCUT2D eigenvalue weighted by atomic mass is 10.1. The van der Waals surface area contributed by atoms with Gasteiger partial charge in [-0.25, -0.2) is 0 Å². The maximum atomic E-state index is 5.05. The van der Waals surface area contributed by atoms with Gasteiger partial charge in [0.2, 0.25) is 5.95 Å². The van der Waals surface area contributed by atoms with Crippen molar-refractivity contribution in [3.05, 3.63) is 0 Å². The third-order valence-corrected chi connectivity index (χ3v) is 3.49. The quantitative estimate of drug-likeness (QED) is 0.767. The van der Waals surface area contributed by atoms with E-state index in [1.54, 1.807) is 0 Å². The minimum absolute atomic E-state index is 0.292. The number of anilines is 1. The molecule has 0 aromatic carbocycles. The molecule has 7 heteroatoms. The van der Waals surface area contributed by atoms with Crippen LogP contribution in [0.2, 0.25) is 0 Å². The molecular weight excluding hydrogens is 300 g/mol. The van der Waals surface area contributed by atoms with Crippen LogP contribution in [0, 0.1) is 5.92 Å². The number of ether oxygens (including phenoxy) is 2. The molecular formula is C11H17BrN4O2. The van der Waals surface area contributed by atoms with Gasteiger partial charge >= 0.3 is 12.0 Å². The number of alkyl halides is 1. The zero-order chi connectivity index (χ0) is 13.0. The fraction of sp³-hybridized carbons (Fsp3) is 0.727. The van der Waals surface area contributed by atoms with Crippen molar-refractivity contribution < 1.29 is 9.47 Å². The van der Waals surface area contributed by atoms with Crippen LogP contribution in [0.5, 0.6) is 12.0 Å². The third-order valence-electron chi connectivity index (χ3n) is 3.03. The average molecular weight is 317 g/mol. The van der Waals surface area contributed by atoms with Crippen LogP contribution in [-0.2, 0) is 0 Å². The van der Waals surface area contributed by atoms with Crippen molar-refractivity contribution in [1.82, 2.24) is 15.0 Å². The maximum Gasteiger partial charge on any atom is 0.324 e. The van der Waals surface area contributed by atoms with Gasteiger partial charge in [0, 0.05) is 18.4 Å². The Morgan fingerprint density at radius 1 is 1.22 bits per heavy atom. The molecule has 0 saturated carbocycles. The summed E-state index contributed by atoms with van der Waals surface area (Å²) in [6.07, 6.45) is 2.35. The summed E-state index contributed by atoms with van der Waals surface area (Å²) < 4.78 is 10.1. The molecule has 1 aromatic rings. The number of nitrogens with zero attached hydrogens (tertiary/aromatic N) is 4. The summed E-state index contributed by atoms with van der Waals surface area (Å²) in [4.78, 5) is 14.7. The molecule has 0 radical (unpaired) electrons. The number of rotatable bonds is 5. The van der Waals surface area contributed by atoms with Crippen LogP contribution in [0.1, 0.15) is 12.8 Å². The highest BCUT2D eigenvalue weighted by Gasteiger charge is 2.25. The van der Waals surface area contributed by atoms with Crippen LogP contribution >= 0.6 is 15.9 Å². The van der Waals surface area contributed by atoms with Crippen LogP contribution < -0.4 is 14.4 Å². The second-order valence-electron chi connectivity index (χ2n) is 4.19. The lowest BCUT2D eigenvalue weighted by Gasteiger charge is -2.16. The fourth-order valence-electron chi connectivity index (χ4n) is 2.06. The molecule has 100 valence electrons. The SMILES string of the molecule is COc1nc(OC)nc(N2CCC(CCBr)C2)n1. The van der Waals surface area contributed by atoms with E-state index in [1.807, 2.05) is 0 Å². The number of halogens is 1. The molecule has 0 aliphatic carbocycles. The Morgan fingerprint density at radius 3 is 2.44 bits per heavy atom. The minimum atomic E-state index is 0.292. The van der Waals surface area contributed by atoms with Crippen LogP contribution in [0.4, 0.5) is 5.95 Å². The largest absolute Gasteiger partial charge is 0.467 e. The highest BCUT2D eigenvalue weighted by atomic mass is 79.9. The topological polar surface area (TPSA) is 60.4 Å². The number of methoxy groups -OCH3 is 2. The standard InChI is InChI=1S/C11H17BrN4O2/c1-17-10-13-9(14-11(15-10)18-2)16-6-4-8(7-16)3-5-12/h8H,3-7H2,1-2H3. The van der Waals surface area contributed by atoms with Crippen molar-refractivity contribution >= 4 is 21.9 Å². The summed E-state index contributed by atoms with van der Waals surface area (Å²) in [7, 11) is 3.08. The van der Waals surface area contributed by atoms with E-state index in [9.17, 15) is 0 Å². The van der Waals surface area contributed by atoms with Gasteiger partial charge in [-0.15, -0.1) is 4.98 Å². The van der Waals surface area contributed by atoms with Crippen LogP contribution in [0.25, 0.3) is 0 Å². The van der Waals surface area contributed by atoms with E-state index in [2.05, 4.69) is 35.8 Å². The minimum Gasteiger partial charge on any atom is -0.467 e. The Bertz CT molecular complexity index is 382. The lowest BCUT2D eigenvalue weighted by Crippen LogP contribution is -2.23. The van der Waals surface area contributed by atoms with Gasteiger partial charge in [0.25, 0.3) is 0 Å². The zero-order valence-electron chi connectivity index (χ0n) is 10.6. The molecule has 1 fully saturated rings. The van der Waals surface area contributed by atoms with Crippen molar-refractivity contribution in [2.24, 2.45) is 5.92 Å². The summed E-state index contributed by atoms with van der Waals surface area (Å²) >= 11 is 3.48. The smallest absolute Gasteiger partial charge is 0.324 e. The summed E-state index contributed by atoms with van der Waals surface area (Å²) in [6, 6.07) is 0.585.